The first-order valence-electron chi connectivity index (χ1n) is 7.09. The molecule has 2 aromatic rings. The van der Waals surface area contributed by atoms with E-state index in [1.165, 1.54) is 0 Å². The number of hydrogen-bond acceptors (Lipinski definition) is 3. The Morgan fingerprint density at radius 3 is 2.23 bits per heavy atom. The highest BCUT2D eigenvalue weighted by Crippen LogP contribution is 2.17. The third kappa shape index (κ3) is 5.55. The van der Waals surface area contributed by atoms with E-state index in [-0.39, 0.29) is 18.6 Å². The van der Waals surface area contributed by atoms with Crippen LogP contribution in [-0.4, -0.2) is 18.6 Å². The Labute approximate surface area is 144 Å². The third-order valence-electron chi connectivity index (χ3n) is 2.81. The first-order valence-corrected chi connectivity index (χ1v) is 8.17. The maximum Gasteiger partial charge on any atom is 0.243 e. The summed E-state index contributed by atoms with van der Waals surface area (Å²) in [4.78, 5) is 11.9. The molecular weight excluding hydrogens is 391 g/mol. The topological polar surface area (TPSA) is 50.4 Å². The highest BCUT2D eigenvalue weighted by Gasteiger charge is 2.03. The molecule has 0 aliphatic rings. The molecule has 116 valence electrons. The van der Waals surface area contributed by atoms with Gasteiger partial charge in [-0.1, -0.05) is 0 Å². The van der Waals surface area contributed by atoms with Gasteiger partial charge in [0.05, 0.1) is 12.6 Å². The van der Waals surface area contributed by atoms with Gasteiger partial charge in [-0.25, -0.2) is 0 Å². The maximum atomic E-state index is 11.9. The van der Waals surface area contributed by atoms with Crippen LogP contribution in [0, 0.1) is 3.57 Å². The minimum absolute atomic E-state index is 0.0799. The summed E-state index contributed by atoms with van der Waals surface area (Å²) in [5.74, 6) is 0.743. The lowest BCUT2D eigenvalue weighted by molar-refractivity contribution is -0.114. The molecule has 22 heavy (non-hydrogen) atoms. The summed E-state index contributed by atoms with van der Waals surface area (Å²) >= 11 is 2.23. The fourth-order valence-corrected chi connectivity index (χ4v) is 2.20. The van der Waals surface area contributed by atoms with E-state index in [1.54, 1.807) is 0 Å². The number of anilines is 2. The van der Waals surface area contributed by atoms with Gasteiger partial charge in [0, 0.05) is 14.9 Å². The lowest BCUT2D eigenvalue weighted by Crippen LogP contribution is -2.21. The molecule has 1 amide bonds. The van der Waals surface area contributed by atoms with E-state index in [0.717, 1.165) is 20.7 Å². The van der Waals surface area contributed by atoms with Crippen LogP contribution in [-0.2, 0) is 4.79 Å². The van der Waals surface area contributed by atoms with Gasteiger partial charge in [-0.15, -0.1) is 0 Å². The number of carbonyl (C=O) groups excluding carboxylic acids is 1. The smallest absolute Gasteiger partial charge is 0.243 e. The number of benzene rings is 2. The lowest BCUT2D eigenvalue weighted by Gasteiger charge is -2.11. The summed E-state index contributed by atoms with van der Waals surface area (Å²) < 4.78 is 6.71. The van der Waals surface area contributed by atoms with Crippen LogP contribution in [0.4, 0.5) is 11.4 Å². The average Bonchev–Trinajstić information content (AvgIpc) is 2.48. The van der Waals surface area contributed by atoms with Crippen molar-refractivity contribution in [2.24, 2.45) is 0 Å². The second-order valence-electron chi connectivity index (χ2n) is 5.10. The van der Waals surface area contributed by atoms with Crippen molar-refractivity contribution in [3.05, 3.63) is 52.1 Å². The van der Waals surface area contributed by atoms with E-state index in [1.807, 2.05) is 62.4 Å². The van der Waals surface area contributed by atoms with Crippen LogP contribution in [0.3, 0.4) is 0 Å². The molecule has 0 bridgehead atoms. The molecule has 0 saturated carbocycles. The molecule has 2 aromatic carbocycles. The maximum absolute atomic E-state index is 11.9. The summed E-state index contributed by atoms with van der Waals surface area (Å²) in [6, 6.07) is 15.3. The van der Waals surface area contributed by atoms with Gasteiger partial charge in [-0.05, 0) is 85.0 Å². The van der Waals surface area contributed by atoms with E-state index >= 15 is 0 Å². The van der Waals surface area contributed by atoms with E-state index in [0.29, 0.717) is 0 Å². The monoisotopic (exact) mass is 410 g/mol. The van der Waals surface area contributed by atoms with Crippen molar-refractivity contribution in [3.8, 4) is 5.75 Å². The molecule has 2 N–H and O–H groups in total. The molecule has 5 heteroatoms. The van der Waals surface area contributed by atoms with Crippen molar-refractivity contribution in [1.82, 2.24) is 0 Å². The largest absolute Gasteiger partial charge is 0.491 e. The minimum atomic E-state index is -0.0799. The number of hydrogen-bond donors (Lipinski definition) is 2. The van der Waals surface area contributed by atoms with Crippen molar-refractivity contribution >= 4 is 39.9 Å². The Bertz CT molecular complexity index is 610. The van der Waals surface area contributed by atoms with Crippen LogP contribution >= 0.6 is 22.6 Å². The quantitative estimate of drug-likeness (QED) is 0.705. The first-order chi connectivity index (χ1) is 10.5. The molecule has 0 unspecified atom stereocenters. The van der Waals surface area contributed by atoms with E-state index < -0.39 is 0 Å². The fraction of sp³-hybridized carbons (Fsp3) is 0.235. The lowest BCUT2D eigenvalue weighted by atomic mass is 10.3. The van der Waals surface area contributed by atoms with Crippen molar-refractivity contribution in [2.75, 3.05) is 17.2 Å². The average molecular weight is 410 g/mol. The van der Waals surface area contributed by atoms with Gasteiger partial charge in [-0.2, -0.15) is 0 Å². The highest BCUT2D eigenvalue weighted by atomic mass is 127. The summed E-state index contributed by atoms with van der Waals surface area (Å²) in [7, 11) is 0. The molecule has 0 spiro atoms. The van der Waals surface area contributed by atoms with Crippen molar-refractivity contribution in [1.29, 1.82) is 0 Å². The first kappa shape index (κ1) is 16.6. The van der Waals surface area contributed by atoms with Crippen LogP contribution in [0.2, 0.25) is 0 Å². The number of nitrogens with one attached hydrogen (secondary N) is 2. The zero-order valence-corrected chi connectivity index (χ0v) is 14.8. The number of ether oxygens (including phenoxy) is 1. The minimum Gasteiger partial charge on any atom is -0.491 e. The second kappa shape index (κ2) is 8.03. The molecule has 0 radical (unpaired) electrons. The van der Waals surface area contributed by atoms with Crippen molar-refractivity contribution < 1.29 is 9.53 Å². The molecule has 2 rings (SSSR count). The summed E-state index contributed by atoms with van der Waals surface area (Å²) in [6.07, 6.45) is 0.151. The molecule has 0 heterocycles. The standard InChI is InChI=1S/C17H19IN2O2/c1-12(2)22-16-9-7-14(8-10-16)19-11-17(21)20-15-5-3-13(18)4-6-15/h3-10,12,19H,11H2,1-2H3,(H,20,21). The Hall–Kier alpha value is -1.76. The highest BCUT2D eigenvalue weighted by molar-refractivity contribution is 14.1. The van der Waals surface area contributed by atoms with Gasteiger partial charge in [0.25, 0.3) is 0 Å². The van der Waals surface area contributed by atoms with Gasteiger partial charge < -0.3 is 15.4 Å². The van der Waals surface area contributed by atoms with Crippen LogP contribution in [0.15, 0.2) is 48.5 Å². The van der Waals surface area contributed by atoms with Gasteiger partial charge in [0.1, 0.15) is 5.75 Å². The molecule has 0 aliphatic carbocycles. The molecule has 0 aromatic heterocycles. The van der Waals surface area contributed by atoms with Crippen LogP contribution in [0.5, 0.6) is 5.75 Å². The molecular formula is C17H19IN2O2. The molecule has 4 nitrogen and oxygen atoms in total. The molecule has 0 saturated heterocycles. The zero-order valence-electron chi connectivity index (χ0n) is 12.6. The van der Waals surface area contributed by atoms with Gasteiger partial charge >= 0.3 is 0 Å². The van der Waals surface area contributed by atoms with E-state index in [9.17, 15) is 4.79 Å². The van der Waals surface area contributed by atoms with E-state index in [2.05, 4.69) is 33.2 Å². The van der Waals surface area contributed by atoms with Gasteiger partial charge in [0.15, 0.2) is 0 Å². The number of amides is 1. The van der Waals surface area contributed by atoms with Crippen LogP contribution in [0.1, 0.15) is 13.8 Å². The Balaban J connectivity index is 1.81. The SMILES string of the molecule is CC(C)Oc1ccc(NCC(=O)Nc2ccc(I)cc2)cc1. The third-order valence-corrected chi connectivity index (χ3v) is 3.53. The summed E-state index contributed by atoms with van der Waals surface area (Å²) in [6.45, 7) is 4.19. The molecule has 0 atom stereocenters. The second-order valence-corrected chi connectivity index (χ2v) is 6.35. The van der Waals surface area contributed by atoms with Gasteiger partial charge in [-0.3, -0.25) is 4.79 Å². The van der Waals surface area contributed by atoms with Crippen molar-refractivity contribution in [2.45, 2.75) is 20.0 Å². The predicted molar refractivity (Wildman–Crippen MR) is 98.5 cm³/mol. The molecule has 0 fully saturated rings. The number of rotatable bonds is 6. The molecule has 0 aliphatic heterocycles. The summed E-state index contributed by atoms with van der Waals surface area (Å²) in [5.41, 5.74) is 1.68. The Morgan fingerprint density at radius 1 is 1.05 bits per heavy atom. The Kier molecular flexibility index (Phi) is 6.06. The summed E-state index contributed by atoms with van der Waals surface area (Å²) in [5, 5.41) is 5.93. The van der Waals surface area contributed by atoms with Crippen LogP contribution in [0.25, 0.3) is 0 Å². The normalized spacial score (nSPS) is 10.4. The Morgan fingerprint density at radius 2 is 1.64 bits per heavy atom. The van der Waals surface area contributed by atoms with Crippen LogP contribution < -0.4 is 15.4 Å². The van der Waals surface area contributed by atoms with Crippen molar-refractivity contribution in [3.63, 3.8) is 0 Å². The number of halogens is 1. The zero-order chi connectivity index (χ0) is 15.9. The fourth-order valence-electron chi connectivity index (χ4n) is 1.84. The van der Waals surface area contributed by atoms with E-state index in [4.69, 9.17) is 4.74 Å². The predicted octanol–water partition coefficient (Wildman–Crippen LogP) is 4.13. The number of carbonyl (C=O) groups is 1. The van der Waals surface area contributed by atoms with Gasteiger partial charge in [0.2, 0.25) is 5.91 Å².